The summed E-state index contributed by atoms with van der Waals surface area (Å²) in [6.45, 7) is 8.07. The molecule has 1 fully saturated rings. The molecule has 194 valence electrons. The largest absolute Gasteiger partial charge is 0.491 e. The van der Waals surface area contributed by atoms with E-state index in [-0.39, 0.29) is 23.9 Å². The van der Waals surface area contributed by atoms with Crippen molar-refractivity contribution >= 4 is 11.8 Å². The van der Waals surface area contributed by atoms with Gasteiger partial charge in [-0.1, -0.05) is 24.3 Å². The first-order valence-electron chi connectivity index (χ1n) is 13.1. The molecule has 3 heterocycles. The Hall–Kier alpha value is -3.65. The molecule has 2 aliphatic rings. The maximum atomic E-state index is 13.0. The Morgan fingerprint density at radius 2 is 1.78 bits per heavy atom. The van der Waals surface area contributed by atoms with Gasteiger partial charge in [0.05, 0.1) is 17.9 Å². The maximum absolute atomic E-state index is 13.0. The second-order valence-electron chi connectivity index (χ2n) is 10.0. The molecule has 2 amide bonds. The van der Waals surface area contributed by atoms with Gasteiger partial charge < -0.3 is 15.4 Å². The Kier molecular flexibility index (Phi) is 7.28. The second kappa shape index (κ2) is 10.8. The van der Waals surface area contributed by atoms with E-state index in [0.29, 0.717) is 44.0 Å². The molecule has 8 heteroatoms. The molecule has 0 aliphatic carbocycles. The van der Waals surface area contributed by atoms with E-state index in [1.807, 2.05) is 48.9 Å². The van der Waals surface area contributed by atoms with Crippen LogP contribution in [0.3, 0.4) is 0 Å². The number of benzene rings is 2. The molecule has 5 rings (SSSR count). The molecule has 3 aromatic rings. The maximum Gasteiger partial charge on any atom is 0.251 e. The standard InChI is InChI=1S/C29H35N5O3/c1-19-9-10-22-15-27(19)37-14-13-30-28(35)16-24-11-12-25(17-31-29(22)36)33(24)18-26-20(2)32-34(21(26)3)23-7-5-4-6-8-23/h4-10,15,24-25H,11-14,16-18H2,1-3H3,(H,30,35)(H,31,36)/t24-,25+/m0/s1. The number of hydrogen-bond donors (Lipinski definition) is 2. The highest BCUT2D eigenvalue weighted by Gasteiger charge is 2.36. The number of nitrogens with zero attached hydrogens (tertiary/aromatic N) is 3. The third kappa shape index (κ3) is 5.39. The van der Waals surface area contributed by atoms with Crippen molar-refractivity contribution in [3.05, 3.63) is 76.6 Å². The summed E-state index contributed by atoms with van der Waals surface area (Å²) in [7, 11) is 0. The lowest BCUT2D eigenvalue weighted by atomic mass is 10.1. The van der Waals surface area contributed by atoms with Gasteiger partial charge in [-0.25, -0.2) is 4.68 Å². The first-order chi connectivity index (χ1) is 17.9. The van der Waals surface area contributed by atoms with Crippen LogP contribution in [0.4, 0.5) is 0 Å². The number of ether oxygens (including phenoxy) is 1. The SMILES string of the molecule is Cc1ccc2cc1OCCNC(=O)C[C@@H]1CC[C@H](CNC2=O)N1Cc1c(C)nn(-c2ccccc2)c1C. The Balaban J connectivity index is 1.41. The number of carbonyl (C=O) groups is 2. The number of aryl methyl sites for hydroxylation is 2. The third-order valence-electron chi connectivity index (χ3n) is 7.61. The van der Waals surface area contributed by atoms with Crippen LogP contribution in [0, 0.1) is 20.8 Å². The first-order valence-corrected chi connectivity index (χ1v) is 13.1. The molecule has 37 heavy (non-hydrogen) atoms. The Morgan fingerprint density at radius 1 is 1.00 bits per heavy atom. The van der Waals surface area contributed by atoms with Gasteiger partial charge in [0, 0.05) is 48.4 Å². The van der Waals surface area contributed by atoms with E-state index in [0.717, 1.165) is 35.5 Å². The summed E-state index contributed by atoms with van der Waals surface area (Å²) >= 11 is 0. The van der Waals surface area contributed by atoms with Crippen molar-refractivity contribution in [3.63, 3.8) is 0 Å². The molecule has 4 bridgehead atoms. The van der Waals surface area contributed by atoms with E-state index in [4.69, 9.17) is 9.84 Å². The number of para-hydroxylation sites is 1. The number of carbonyl (C=O) groups excluding carboxylic acids is 2. The van der Waals surface area contributed by atoms with Crippen molar-refractivity contribution in [1.82, 2.24) is 25.3 Å². The first kappa shape index (κ1) is 25.0. The lowest BCUT2D eigenvalue weighted by molar-refractivity contribution is -0.122. The fourth-order valence-electron chi connectivity index (χ4n) is 5.47. The van der Waals surface area contributed by atoms with Crippen LogP contribution in [0.5, 0.6) is 5.75 Å². The van der Waals surface area contributed by atoms with Crippen molar-refractivity contribution in [1.29, 1.82) is 0 Å². The molecular formula is C29H35N5O3. The van der Waals surface area contributed by atoms with Gasteiger partial charge in [-0.05, 0) is 63.4 Å². The van der Waals surface area contributed by atoms with Gasteiger partial charge >= 0.3 is 0 Å². The zero-order chi connectivity index (χ0) is 25.9. The number of hydrogen-bond acceptors (Lipinski definition) is 5. The molecule has 1 saturated heterocycles. The van der Waals surface area contributed by atoms with Crippen LogP contribution in [0.1, 0.15) is 52.1 Å². The van der Waals surface area contributed by atoms with Gasteiger partial charge in [0.1, 0.15) is 12.4 Å². The number of amides is 2. The lowest BCUT2D eigenvalue weighted by Crippen LogP contribution is -2.44. The summed E-state index contributed by atoms with van der Waals surface area (Å²) in [5.41, 5.74) is 5.81. The molecule has 0 unspecified atom stereocenters. The van der Waals surface area contributed by atoms with E-state index in [1.165, 1.54) is 5.56 Å². The molecule has 0 spiro atoms. The smallest absolute Gasteiger partial charge is 0.251 e. The average molecular weight is 502 g/mol. The van der Waals surface area contributed by atoms with Crippen LogP contribution in [-0.2, 0) is 11.3 Å². The molecule has 0 saturated carbocycles. The molecule has 2 atom stereocenters. The summed E-state index contributed by atoms with van der Waals surface area (Å²) in [5.74, 6) is 0.583. The minimum Gasteiger partial charge on any atom is -0.491 e. The van der Waals surface area contributed by atoms with Gasteiger partial charge in [-0.3, -0.25) is 14.5 Å². The Bertz CT molecular complexity index is 1290. The predicted molar refractivity (Wildman–Crippen MR) is 142 cm³/mol. The highest BCUT2D eigenvalue weighted by molar-refractivity contribution is 5.94. The monoisotopic (exact) mass is 501 g/mol. The van der Waals surface area contributed by atoms with Gasteiger partial charge in [0.2, 0.25) is 5.91 Å². The molecule has 8 nitrogen and oxygen atoms in total. The molecule has 0 radical (unpaired) electrons. The van der Waals surface area contributed by atoms with E-state index in [2.05, 4.69) is 34.6 Å². The van der Waals surface area contributed by atoms with Gasteiger partial charge in [0.15, 0.2) is 0 Å². The summed E-state index contributed by atoms with van der Waals surface area (Å²) in [6, 6.07) is 15.9. The highest BCUT2D eigenvalue weighted by atomic mass is 16.5. The summed E-state index contributed by atoms with van der Waals surface area (Å²) in [4.78, 5) is 28.3. The van der Waals surface area contributed by atoms with Crippen molar-refractivity contribution in [3.8, 4) is 11.4 Å². The molecule has 1 aromatic heterocycles. The van der Waals surface area contributed by atoms with E-state index in [1.54, 1.807) is 6.07 Å². The zero-order valence-electron chi connectivity index (χ0n) is 21.8. The van der Waals surface area contributed by atoms with Crippen LogP contribution >= 0.6 is 0 Å². The molecule has 2 N–H and O–H groups in total. The van der Waals surface area contributed by atoms with Crippen LogP contribution in [0.15, 0.2) is 48.5 Å². The van der Waals surface area contributed by atoms with Crippen molar-refractivity contribution in [2.24, 2.45) is 0 Å². The van der Waals surface area contributed by atoms with Crippen LogP contribution in [-0.4, -0.2) is 58.3 Å². The predicted octanol–water partition coefficient (Wildman–Crippen LogP) is 3.46. The highest BCUT2D eigenvalue weighted by Crippen LogP contribution is 2.31. The quantitative estimate of drug-likeness (QED) is 0.574. The number of fused-ring (bicyclic) bond motifs is 4. The molecule has 2 aromatic carbocycles. The van der Waals surface area contributed by atoms with Gasteiger partial charge in [-0.2, -0.15) is 5.10 Å². The van der Waals surface area contributed by atoms with Crippen molar-refractivity contribution in [2.75, 3.05) is 19.7 Å². The Labute approximate surface area is 218 Å². The van der Waals surface area contributed by atoms with Gasteiger partial charge in [-0.15, -0.1) is 0 Å². The molecule has 2 aliphatic heterocycles. The number of aromatic nitrogens is 2. The van der Waals surface area contributed by atoms with Crippen LogP contribution in [0.2, 0.25) is 0 Å². The van der Waals surface area contributed by atoms with Gasteiger partial charge in [0.25, 0.3) is 5.91 Å². The normalized spacial score (nSPS) is 20.9. The molecular weight excluding hydrogens is 466 g/mol. The Morgan fingerprint density at radius 3 is 2.59 bits per heavy atom. The van der Waals surface area contributed by atoms with E-state index >= 15 is 0 Å². The van der Waals surface area contributed by atoms with E-state index in [9.17, 15) is 9.59 Å². The second-order valence-corrected chi connectivity index (χ2v) is 10.0. The summed E-state index contributed by atoms with van der Waals surface area (Å²) in [6.07, 6.45) is 2.25. The van der Waals surface area contributed by atoms with E-state index < -0.39 is 0 Å². The topological polar surface area (TPSA) is 88.5 Å². The fraction of sp³-hybridized carbons (Fsp3) is 0.414. The van der Waals surface area contributed by atoms with Crippen molar-refractivity contribution in [2.45, 2.75) is 58.7 Å². The minimum atomic E-state index is -0.110. The third-order valence-corrected chi connectivity index (χ3v) is 7.61. The minimum absolute atomic E-state index is 0.0251. The summed E-state index contributed by atoms with van der Waals surface area (Å²) in [5, 5.41) is 11.0. The number of nitrogens with one attached hydrogen (secondary N) is 2. The number of rotatable bonds is 3. The lowest BCUT2D eigenvalue weighted by Gasteiger charge is -2.30. The zero-order valence-corrected chi connectivity index (χ0v) is 21.8. The summed E-state index contributed by atoms with van der Waals surface area (Å²) < 4.78 is 7.85. The fourth-order valence-corrected chi connectivity index (χ4v) is 5.47. The van der Waals surface area contributed by atoms with Crippen LogP contribution in [0.25, 0.3) is 5.69 Å². The van der Waals surface area contributed by atoms with Crippen LogP contribution < -0.4 is 15.4 Å². The average Bonchev–Trinajstić information content (AvgIpc) is 3.40. The van der Waals surface area contributed by atoms with Crippen molar-refractivity contribution < 1.29 is 14.3 Å².